The van der Waals surface area contributed by atoms with E-state index in [2.05, 4.69) is 4.72 Å². The number of ether oxygens (including phenoxy) is 1. The Morgan fingerprint density at radius 3 is 2.70 bits per heavy atom. The van der Waals surface area contributed by atoms with E-state index in [1.807, 2.05) is 6.92 Å². The number of hydrogen-bond donors (Lipinski definition) is 2. The summed E-state index contributed by atoms with van der Waals surface area (Å²) in [6.45, 7) is 1.83. The zero-order valence-electron chi connectivity index (χ0n) is 11.2. The van der Waals surface area contributed by atoms with Crippen LogP contribution >= 0.6 is 11.6 Å². The number of sulfonamides is 1. The molecule has 0 aliphatic rings. The molecule has 1 unspecified atom stereocenters. The van der Waals surface area contributed by atoms with Crippen LogP contribution < -0.4 is 4.72 Å². The molecule has 0 fully saturated rings. The summed E-state index contributed by atoms with van der Waals surface area (Å²) in [4.78, 5) is -0.270. The molecular weight excluding hydrogens is 309 g/mol. The van der Waals surface area contributed by atoms with Crippen LogP contribution in [-0.2, 0) is 21.4 Å². The predicted octanol–water partition coefficient (Wildman–Crippen LogP) is 1.53. The SMILES string of the molecule is COCC(C)CNS(=O)(=O)c1cc(F)c(Cl)c(CO)c1. The number of halogens is 2. The summed E-state index contributed by atoms with van der Waals surface area (Å²) in [6, 6.07) is 1.97. The predicted molar refractivity (Wildman–Crippen MR) is 73.6 cm³/mol. The second-order valence-corrected chi connectivity index (χ2v) is 6.59. The van der Waals surface area contributed by atoms with Crippen LogP contribution in [0.2, 0.25) is 5.02 Å². The molecule has 0 saturated heterocycles. The maximum Gasteiger partial charge on any atom is 0.240 e. The first-order chi connectivity index (χ1) is 9.31. The molecule has 0 amide bonds. The molecule has 1 rings (SSSR count). The highest BCUT2D eigenvalue weighted by atomic mass is 35.5. The van der Waals surface area contributed by atoms with Crippen molar-refractivity contribution in [2.75, 3.05) is 20.3 Å². The van der Waals surface area contributed by atoms with E-state index in [1.54, 1.807) is 0 Å². The van der Waals surface area contributed by atoms with E-state index in [1.165, 1.54) is 7.11 Å². The summed E-state index contributed by atoms with van der Waals surface area (Å²) < 4.78 is 44.8. The number of benzene rings is 1. The maximum atomic E-state index is 13.5. The van der Waals surface area contributed by atoms with Crippen LogP contribution in [0.1, 0.15) is 12.5 Å². The molecule has 1 aromatic carbocycles. The fourth-order valence-corrected chi connectivity index (χ4v) is 2.96. The van der Waals surface area contributed by atoms with E-state index in [-0.39, 0.29) is 27.9 Å². The topological polar surface area (TPSA) is 75.6 Å². The van der Waals surface area contributed by atoms with E-state index in [4.69, 9.17) is 21.4 Å². The number of rotatable bonds is 7. The maximum absolute atomic E-state index is 13.5. The number of nitrogens with one attached hydrogen (secondary N) is 1. The molecule has 2 N–H and O–H groups in total. The molecule has 5 nitrogen and oxygen atoms in total. The van der Waals surface area contributed by atoms with Gasteiger partial charge in [0.05, 0.1) is 16.5 Å². The van der Waals surface area contributed by atoms with Gasteiger partial charge in [0.25, 0.3) is 0 Å². The third-order valence-corrected chi connectivity index (χ3v) is 4.46. The lowest BCUT2D eigenvalue weighted by Crippen LogP contribution is -2.30. The molecule has 0 aliphatic heterocycles. The molecule has 0 spiro atoms. The van der Waals surface area contributed by atoms with Crippen molar-refractivity contribution in [3.63, 3.8) is 0 Å². The zero-order chi connectivity index (χ0) is 15.3. The minimum atomic E-state index is -3.86. The van der Waals surface area contributed by atoms with Gasteiger partial charge in [0.1, 0.15) is 5.82 Å². The molecule has 114 valence electrons. The molecular formula is C12H17ClFNO4S. The number of aliphatic hydroxyl groups excluding tert-OH is 1. The Bertz CT molecular complexity index is 565. The Morgan fingerprint density at radius 1 is 1.50 bits per heavy atom. The Hall–Kier alpha value is -0.730. The van der Waals surface area contributed by atoms with Gasteiger partial charge in [-0.1, -0.05) is 18.5 Å². The van der Waals surface area contributed by atoms with Crippen LogP contribution in [0.25, 0.3) is 0 Å². The van der Waals surface area contributed by atoms with Crippen molar-refractivity contribution >= 4 is 21.6 Å². The quantitative estimate of drug-likeness (QED) is 0.797. The Balaban J connectivity index is 2.95. The monoisotopic (exact) mass is 325 g/mol. The van der Waals surface area contributed by atoms with Gasteiger partial charge in [-0.2, -0.15) is 0 Å². The fourth-order valence-electron chi connectivity index (χ4n) is 1.57. The Kier molecular flexibility index (Phi) is 6.35. The standard InChI is InChI=1S/C12H17ClFNO4S/c1-8(7-19-2)5-15-20(17,18)10-3-9(6-16)12(13)11(14)4-10/h3-4,8,15-16H,5-7H2,1-2H3. The fraction of sp³-hybridized carbons (Fsp3) is 0.500. The summed E-state index contributed by atoms with van der Waals surface area (Å²) in [5, 5.41) is 8.76. The average molecular weight is 326 g/mol. The number of hydrogen-bond acceptors (Lipinski definition) is 4. The lowest BCUT2D eigenvalue weighted by atomic mass is 10.2. The van der Waals surface area contributed by atoms with Gasteiger partial charge in [-0.3, -0.25) is 0 Å². The number of methoxy groups -OCH3 is 1. The van der Waals surface area contributed by atoms with Crippen LogP contribution in [0.4, 0.5) is 4.39 Å². The minimum absolute atomic E-state index is 0.0239. The third kappa shape index (κ3) is 4.39. The molecule has 20 heavy (non-hydrogen) atoms. The molecule has 1 aromatic rings. The van der Waals surface area contributed by atoms with Crippen molar-refractivity contribution in [1.29, 1.82) is 0 Å². The largest absolute Gasteiger partial charge is 0.392 e. The molecule has 0 radical (unpaired) electrons. The molecule has 0 heterocycles. The van der Waals surface area contributed by atoms with Crippen molar-refractivity contribution in [3.8, 4) is 0 Å². The van der Waals surface area contributed by atoms with E-state index >= 15 is 0 Å². The highest BCUT2D eigenvalue weighted by Crippen LogP contribution is 2.24. The van der Waals surface area contributed by atoms with Crippen LogP contribution in [0.5, 0.6) is 0 Å². The first kappa shape index (κ1) is 17.3. The van der Waals surface area contributed by atoms with E-state index in [0.29, 0.717) is 6.61 Å². The van der Waals surface area contributed by atoms with E-state index in [9.17, 15) is 12.8 Å². The van der Waals surface area contributed by atoms with Gasteiger partial charge in [0.15, 0.2) is 0 Å². The summed E-state index contributed by atoms with van der Waals surface area (Å²) >= 11 is 5.62. The van der Waals surface area contributed by atoms with Gasteiger partial charge in [-0.05, 0) is 18.1 Å². The van der Waals surface area contributed by atoms with Crippen molar-refractivity contribution in [2.45, 2.75) is 18.4 Å². The summed E-state index contributed by atoms with van der Waals surface area (Å²) in [7, 11) is -2.34. The zero-order valence-corrected chi connectivity index (χ0v) is 12.8. The smallest absolute Gasteiger partial charge is 0.240 e. The van der Waals surface area contributed by atoms with E-state index < -0.39 is 22.4 Å². The first-order valence-corrected chi connectivity index (χ1v) is 7.75. The molecule has 0 bridgehead atoms. The van der Waals surface area contributed by atoms with Crippen molar-refractivity contribution in [2.24, 2.45) is 5.92 Å². The minimum Gasteiger partial charge on any atom is -0.392 e. The summed E-state index contributed by atoms with van der Waals surface area (Å²) in [5.74, 6) is -0.909. The van der Waals surface area contributed by atoms with Crippen molar-refractivity contribution in [3.05, 3.63) is 28.5 Å². The third-order valence-electron chi connectivity index (χ3n) is 2.63. The summed E-state index contributed by atoms with van der Waals surface area (Å²) in [5.41, 5.74) is 0.0250. The van der Waals surface area contributed by atoms with Gasteiger partial charge in [-0.25, -0.2) is 17.5 Å². The summed E-state index contributed by atoms with van der Waals surface area (Å²) in [6.07, 6.45) is 0. The second kappa shape index (κ2) is 7.33. The van der Waals surface area contributed by atoms with Gasteiger partial charge < -0.3 is 9.84 Å². The van der Waals surface area contributed by atoms with Crippen LogP contribution in [0, 0.1) is 11.7 Å². The first-order valence-electron chi connectivity index (χ1n) is 5.89. The molecule has 0 aromatic heterocycles. The van der Waals surface area contributed by atoms with Crippen LogP contribution in [0.3, 0.4) is 0 Å². The lowest BCUT2D eigenvalue weighted by molar-refractivity contribution is 0.161. The molecule has 0 aliphatic carbocycles. The van der Waals surface area contributed by atoms with Crippen molar-refractivity contribution < 1.29 is 22.7 Å². The van der Waals surface area contributed by atoms with Gasteiger partial charge in [0.2, 0.25) is 10.0 Å². The number of aliphatic hydroxyl groups is 1. The second-order valence-electron chi connectivity index (χ2n) is 4.45. The van der Waals surface area contributed by atoms with Gasteiger partial charge in [-0.15, -0.1) is 0 Å². The van der Waals surface area contributed by atoms with Gasteiger partial charge >= 0.3 is 0 Å². The highest BCUT2D eigenvalue weighted by molar-refractivity contribution is 7.89. The molecule has 1 atom stereocenters. The molecule has 8 heteroatoms. The lowest BCUT2D eigenvalue weighted by Gasteiger charge is -2.13. The van der Waals surface area contributed by atoms with E-state index in [0.717, 1.165) is 12.1 Å². The Morgan fingerprint density at radius 2 is 2.15 bits per heavy atom. The van der Waals surface area contributed by atoms with Gasteiger partial charge in [0, 0.05) is 25.8 Å². The molecule has 0 saturated carbocycles. The Labute approximate surface area is 122 Å². The average Bonchev–Trinajstić information content (AvgIpc) is 2.39. The van der Waals surface area contributed by atoms with Crippen molar-refractivity contribution in [1.82, 2.24) is 4.72 Å². The van der Waals surface area contributed by atoms with Crippen LogP contribution in [-0.4, -0.2) is 33.8 Å². The highest BCUT2D eigenvalue weighted by Gasteiger charge is 2.19. The normalized spacial score (nSPS) is 13.4. The van der Waals surface area contributed by atoms with Crippen LogP contribution in [0.15, 0.2) is 17.0 Å².